The average Bonchev–Trinajstić information content (AvgIpc) is 1.83. The largest absolute Gasteiger partial charge is 2.00 e. The Morgan fingerprint density at radius 1 is 0.600 bits per heavy atom. The van der Waals surface area contributed by atoms with Gasteiger partial charge in [-0.05, 0) is 0 Å². The second-order valence-electron chi connectivity index (χ2n) is 1.36. The summed E-state index contributed by atoms with van der Waals surface area (Å²) in [5.41, 5.74) is -10.2. The number of hydrogen-bond acceptors (Lipinski definition) is 6. The molecular formula is C2F6NiO4S2. The predicted molar refractivity (Wildman–Crippen MR) is 29.6 cm³/mol. The summed E-state index contributed by atoms with van der Waals surface area (Å²) in [6, 6.07) is 0. The Labute approximate surface area is 92.5 Å². The maximum atomic E-state index is 10.6. The first kappa shape index (κ1) is 20.4. The van der Waals surface area contributed by atoms with Crippen molar-refractivity contribution in [1.29, 1.82) is 0 Å². The Balaban J connectivity index is -0.000000180. The van der Waals surface area contributed by atoms with Gasteiger partial charge in [0.05, 0.1) is 0 Å². The van der Waals surface area contributed by atoms with E-state index >= 15 is 0 Å². The van der Waals surface area contributed by atoms with Gasteiger partial charge < -0.3 is 16.8 Å². The van der Waals surface area contributed by atoms with Crippen LogP contribution in [0.2, 0.25) is 0 Å². The van der Waals surface area contributed by atoms with Crippen molar-refractivity contribution in [2.45, 2.75) is 11.0 Å². The van der Waals surface area contributed by atoms with Crippen molar-refractivity contribution in [1.82, 2.24) is 0 Å². The first-order valence-electron chi connectivity index (χ1n) is 2.21. The van der Waals surface area contributed by atoms with Gasteiger partial charge in [0.1, 0.15) is 0 Å². The molecule has 0 amide bonds. The maximum Gasteiger partial charge on any atom is 2.00 e. The van der Waals surface area contributed by atoms with E-state index in [1.54, 1.807) is 0 Å². The molecule has 0 fully saturated rings. The molecule has 15 heavy (non-hydrogen) atoms. The molecule has 96 valence electrons. The molecule has 0 bridgehead atoms. The summed E-state index contributed by atoms with van der Waals surface area (Å²) in [5, 5.41) is 0. The molecule has 0 heterocycles. The van der Waals surface area contributed by atoms with Crippen LogP contribution in [-0.4, -0.2) is 11.0 Å². The van der Waals surface area contributed by atoms with Crippen molar-refractivity contribution in [2.24, 2.45) is 0 Å². The molecule has 0 saturated carbocycles. The minimum atomic E-state index is -5.08. The van der Waals surface area contributed by atoms with Crippen LogP contribution >= 0.6 is 0 Å². The third-order valence-electron chi connectivity index (χ3n) is 0.378. The van der Waals surface area contributed by atoms with Crippen molar-refractivity contribution >= 4 is 21.4 Å². The van der Waals surface area contributed by atoms with E-state index in [0.29, 0.717) is 0 Å². The molecule has 0 aromatic rings. The summed E-state index contributed by atoms with van der Waals surface area (Å²) in [4.78, 5) is 0. The van der Waals surface area contributed by atoms with Crippen molar-refractivity contribution < 1.29 is 59.7 Å². The summed E-state index contributed by atoms with van der Waals surface area (Å²) in [6.07, 6.45) is 0. The van der Waals surface area contributed by atoms with Crippen molar-refractivity contribution in [3.63, 3.8) is 0 Å². The van der Waals surface area contributed by atoms with Gasteiger partial charge in [-0.3, -0.25) is 0 Å². The van der Waals surface area contributed by atoms with E-state index in [0.717, 1.165) is 0 Å². The molecule has 0 aromatic carbocycles. The summed E-state index contributed by atoms with van der Waals surface area (Å²) in [7, 11) is -7.87. The van der Waals surface area contributed by atoms with Crippen LogP contribution in [0.25, 0.3) is 0 Å². The van der Waals surface area contributed by atoms with Crippen LogP contribution in [0.5, 0.6) is 0 Å². The van der Waals surface area contributed by atoms with Crippen LogP contribution in [0, 0.1) is 0 Å². The fourth-order valence-corrected chi connectivity index (χ4v) is 0. The maximum absolute atomic E-state index is 10.6. The zero-order valence-electron chi connectivity index (χ0n) is 6.03. The predicted octanol–water partition coefficient (Wildman–Crippen LogP) is 1.63. The fourth-order valence-electron chi connectivity index (χ4n) is 0. The van der Waals surface area contributed by atoms with Crippen molar-refractivity contribution in [2.75, 3.05) is 0 Å². The Bertz CT molecular complexity index is 264. The topological polar surface area (TPSA) is 68.3 Å². The Hall–Kier alpha value is -0.0265. The molecule has 0 radical (unpaired) electrons. The SMILES string of the molecule is O=[S-](=O)C(F)(F)F.O=[S-](=O)C(F)(F)F.[Ni+2]. The Kier molecular flexibility index (Phi) is 9.90. The second-order valence-corrected chi connectivity index (χ2v) is 3.23. The van der Waals surface area contributed by atoms with Crippen molar-refractivity contribution in [3.05, 3.63) is 0 Å². The first-order chi connectivity index (χ1) is 5.89. The Morgan fingerprint density at radius 3 is 0.667 bits per heavy atom. The van der Waals surface area contributed by atoms with Gasteiger partial charge >= 0.3 is 27.5 Å². The number of alkyl halides is 6. The average molecular weight is 325 g/mol. The normalized spacial score (nSPS) is 11.7. The van der Waals surface area contributed by atoms with Crippen LogP contribution < -0.4 is 0 Å². The third-order valence-corrected chi connectivity index (χ3v) is 1.13. The number of rotatable bonds is 0. The van der Waals surface area contributed by atoms with E-state index in [1.807, 2.05) is 0 Å². The molecule has 13 heteroatoms. The number of halogens is 6. The molecule has 0 unspecified atom stereocenters. The molecular weight excluding hydrogens is 325 g/mol. The number of hydrogen-bond donors (Lipinski definition) is 0. The summed E-state index contributed by atoms with van der Waals surface area (Å²) < 4.78 is 99.0. The van der Waals surface area contributed by atoms with Crippen molar-refractivity contribution in [3.8, 4) is 0 Å². The van der Waals surface area contributed by atoms with Crippen LogP contribution in [0.3, 0.4) is 0 Å². The van der Waals surface area contributed by atoms with Crippen LogP contribution in [0.1, 0.15) is 0 Å². The zero-order chi connectivity index (χ0) is 12.2. The van der Waals surface area contributed by atoms with E-state index in [2.05, 4.69) is 0 Å². The molecule has 4 nitrogen and oxygen atoms in total. The van der Waals surface area contributed by atoms with Gasteiger partial charge in [-0.15, -0.1) is 0 Å². The fraction of sp³-hybridized carbons (Fsp3) is 1.00. The van der Waals surface area contributed by atoms with Gasteiger partial charge in [0.25, 0.3) is 0 Å². The zero-order valence-corrected chi connectivity index (χ0v) is 8.65. The molecule has 0 saturated heterocycles. The molecule has 0 spiro atoms. The summed E-state index contributed by atoms with van der Waals surface area (Å²) >= 11 is 0. The van der Waals surface area contributed by atoms with E-state index in [-0.39, 0.29) is 16.5 Å². The minimum Gasteiger partial charge on any atom is -0.416 e. The first-order valence-corrected chi connectivity index (χ1v) is 4.36. The van der Waals surface area contributed by atoms with Crippen LogP contribution in [0.4, 0.5) is 26.3 Å². The smallest absolute Gasteiger partial charge is 0.416 e. The van der Waals surface area contributed by atoms with Gasteiger partial charge in [-0.2, -0.15) is 26.3 Å². The minimum absolute atomic E-state index is 0. The van der Waals surface area contributed by atoms with Gasteiger partial charge in [-0.25, -0.2) is 0 Å². The molecule has 0 N–H and O–H groups in total. The van der Waals surface area contributed by atoms with Gasteiger partial charge in [0.15, 0.2) is 0 Å². The molecule has 0 aliphatic heterocycles. The van der Waals surface area contributed by atoms with Crippen LogP contribution in [-0.2, 0) is 54.7 Å². The third kappa shape index (κ3) is 14.0. The second kappa shape index (κ2) is 7.28. The summed E-state index contributed by atoms with van der Waals surface area (Å²) in [5.74, 6) is 0. The van der Waals surface area contributed by atoms with Crippen LogP contribution in [0.15, 0.2) is 0 Å². The van der Waals surface area contributed by atoms with E-state index in [4.69, 9.17) is 16.8 Å². The molecule has 0 aliphatic rings. The van der Waals surface area contributed by atoms with E-state index in [1.165, 1.54) is 0 Å². The quantitative estimate of drug-likeness (QED) is 0.386. The Morgan fingerprint density at radius 2 is 0.667 bits per heavy atom. The van der Waals surface area contributed by atoms with E-state index in [9.17, 15) is 26.3 Å². The summed E-state index contributed by atoms with van der Waals surface area (Å²) in [6.45, 7) is 0. The van der Waals surface area contributed by atoms with Gasteiger partial charge in [0.2, 0.25) is 0 Å². The molecule has 0 aromatic heterocycles. The van der Waals surface area contributed by atoms with Gasteiger partial charge in [-0.1, -0.05) is 0 Å². The van der Waals surface area contributed by atoms with E-state index < -0.39 is 32.4 Å². The molecule has 0 atom stereocenters. The monoisotopic (exact) mass is 324 g/mol. The molecule has 0 rings (SSSR count). The molecule has 0 aliphatic carbocycles. The van der Waals surface area contributed by atoms with Gasteiger partial charge in [0, 0.05) is 21.4 Å². The standard InChI is InChI=1S/2CF3O2S.Ni/c2*2-1(3,4)7(5)6;/q2*-1;+2.